The Hall–Kier alpha value is -0.297. The average Bonchev–Trinajstić information content (AvgIpc) is 2.15. The minimum atomic E-state index is 0. The third kappa shape index (κ3) is 45.1. The van der Waals surface area contributed by atoms with E-state index in [2.05, 4.69) is 65.4 Å². The Morgan fingerprint density at radius 1 is 0.619 bits per heavy atom. The van der Waals surface area contributed by atoms with Gasteiger partial charge in [0.1, 0.15) is 0 Å². The van der Waals surface area contributed by atoms with Gasteiger partial charge in [-0.05, 0) is 0 Å². The van der Waals surface area contributed by atoms with Gasteiger partial charge in [-0.3, -0.25) is 0 Å². The van der Waals surface area contributed by atoms with Crippen molar-refractivity contribution in [3.8, 4) is 0 Å². The van der Waals surface area contributed by atoms with E-state index in [0.717, 1.165) is 0 Å². The molecule has 3 heteroatoms. The normalized spacial score (nSPS) is 10.1. The molecule has 0 aromatic heterocycles. The Morgan fingerprint density at radius 3 is 1.00 bits per heavy atom. The van der Waals surface area contributed by atoms with Crippen LogP contribution < -0.4 is 0 Å². The first kappa shape index (κ1) is 32.6. The molecule has 0 bridgehead atoms. The van der Waals surface area contributed by atoms with Gasteiger partial charge in [-0.1, -0.05) is 79.1 Å². The topological polar surface area (TPSA) is 24.7 Å². The van der Waals surface area contributed by atoms with Crippen LogP contribution in [0.15, 0.2) is 9.98 Å². The van der Waals surface area contributed by atoms with Crippen LogP contribution in [0.25, 0.3) is 0 Å². The van der Waals surface area contributed by atoms with Crippen LogP contribution in [0.2, 0.25) is 0 Å². The summed E-state index contributed by atoms with van der Waals surface area (Å²) < 4.78 is 0. The van der Waals surface area contributed by atoms with Gasteiger partial charge in [0, 0.05) is 0 Å². The molecule has 0 rings (SSSR count). The number of rotatable bonds is 6. The minimum absolute atomic E-state index is 0. The summed E-state index contributed by atoms with van der Waals surface area (Å²) >= 11 is 0. The molecule has 128 valence electrons. The molecule has 0 amide bonds. The molecule has 0 saturated heterocycles. The van der Waals surface area contributed by atoms with Crippen LogP contribution in [0, 0.1) is 51.6 Å². The Labute approximate surface area is 149 Å². The molecule has 0 spiro atoms. The van der Waals surface area contributed by atoms with Crippen LogP contribution in [0.4, 0.5) is 0 Å². The summed E-state index contributed by atoms with van der Waals surface area (Å²) in [5.41, 5.74) is 0. The van der Waals surface area contributed by atoms with Crippen molar-refractivity contribution in [2.75, 3.05) is 0 Å². The second-order valence-electron chi connectivity index (χ2n) is 5.87. The molecule has 0 saturated carbocycles. The summed E-state index contributed by atoms with van der Waals surface area (Å²) in [6.45, 7) is 20.9. The standard InChI is InChI=1S/2C8H16N.2CH3.Ru/c2*1-7(2)5-9-6-8(3)4;;;/h2*5-8H,1-4H3;2*1H3;/q4*-1;+4. The molecule has 2 nitrogen and oxygen atoms in total. The third-order valence-corrected chi connectivity index (χ3v) is 1.54. The van der Waals surface area contributed by atoms with E-state index in [0.29, 0.717) is 23.7 Å². The molecule has 0 fully saturated rings. The van der Waals surface area contributed by atoms with Crippen molar-refractivity contribution < 1.29 is 19.5 Å². The summed E-state index contributed by atoms with van der Waals surface area (Å²) in [6, 6.07) is 0. The van der Waals surface area contributed by atoms with E-state index < -0.39 is 0 Å². The summed E-state index contributed by atoms with van der Waals surface area (Å²) in [7, 11) is 0. The van der Waals surface area contributed by atoms with Gasteiger partial charge in [-0.25, -0.2) is 0 Å². The maximum atomic E-state index is 4.12. The molecular formula is C18H38N2Ru. The fourth-order valence-corrected chi connectivity index (χ4v) is 0.788. The molecule has 0 aliphatic carbocycles. The quantitative estimate of drug-likeness (QED) is 0.307. The van der Waals surface area contributed by atoms with E-state index in [1.54, 1.807) is 0 Å². The van der Waals surface area contributed by atoms with Gasteiger partial charge >= 0.3 is 19.5 Å². The van der Waals surface area contributed by atoms with Crippen molar-refractivity contribution in [3.05, 3.63) is 27.9 Å². The summed E-state index contributed by atoms with van der Waals surface area (Å²) in [4.78, 5) is 8.24. The van der Waals surface area contributed by atoms with Gasteiger partial charge in [-0.2, -0.15) is 0 Å². The van der Waals surface area contributed by atoms with Crippen molar-refractivity contribution >= 4 is 12.4 Å². The number of hydrogen-bond acceptors (Lipinski definition) is 2. The van der Waals surface area contributed by atoms with Crippen molar-refractivity contribution in [1.29, 1.82) is 0 Å². The molecule has 0 radical (unpaired) electrons. The molecule has 0 unspecified atom stereocenters. The Morgan fingerprint density at radius 2 is 0.857 bits per heavy atom. The monoisotopic (exact) mass is 384 g/mol. The first-order chi connectivity index (χ1) is 8.25. The van der Waals surface area contributed by atoms with Crippen molar-refractivity contribution in [3.63, 3.8) is 0 Å². The second kappa shape index (κ2) is 22.0. The van der Waals surface area contributed by atoms with E-state index in [9.17, 15) is 0 Å². The van der Waals surface area contributed by atoms with Gasteiger partial charge in [0.2, 0.25) is 0 Å². The maximum absolute atomic E-state index is 4.12. The van der Waals surface area contributed by atoms with Crippen LogP contribution in [0.3, 0.4) is 0 Å². The largest absolute Gasteiger partial charge is 4.00 e. The first-order valence-electron chi connectivity index (χ1n) is 6.98. The van der Waals surface area contributed by atoms with Gasteiger partial charge in [0.05, 0.1) is 0 Å². The molecular weight excluding hydrogens is 345 g/mol. The fraction of sp³-hybridized carbons (Fsp3) is 0.667. The van der Waals surface area contributed by atoms with Crippen molar-refractivity contribution in [2.24, 2.45) is 33.7 Å². The van der Waals surface area contributed by atoms with Crippen LogP contribution >= 0.6 is 0 Å². The molecule has 21 heavy (non-hydrogen) atoms. The van der Waals surface area contributed by atoms with E-state index in [1.807, 2.05) is 25.5 Å². The average molecular weight is 384 g/mol. The minimum Gasteiger partial charge on any atom is -0.457 e. The zero-order chi connectivity index (χ0) is 14.6. The molecule has 0 aliphatic heterocycles. The Balaban J connectivity index is -0.0000000711. The molecule has 0 aromatic carbocycles. The Bertz CT molecular complexity index is 195. The summed E-state index contributed by atoms with van der Waals surface area (Å²) in [6.07, 6.45) is 3.92. The van der Waals surface area contributed by atoms with E-state index in [-0.39, 0.29) is 34.3 Å². The zero-order valence-electron chi connectivity index (χ0n) is 15.9. The van der Waals surface area contributed by atoms with Crippen LogP contribution in [-0.4, -0.2) is 12.4 Å². The predicted molar refractivity (Wildman–Crippen MR) is 97.8 cm³/mol. The summed E-state index contributed by atoms with van der Waals surface area (Å²) in [5, 5.41) is 0. The van der Waals surface area contributed by atoms with Gasteiger partial charge in [0.25, 0.3) is 0 Å². The fourth-order valence-electron chi connectivity index (χ4n) is 0.788. The van der Waals surface area contributed by atoms with Gasteiger partial charge in [-0.15, -0.1) is 25.5 Å². The maximum Gasteiger partial charge on any atom is 4.00 e. The van der Waals surface area contributed by atoms with Gasteiger partial charge in [0.15, 0.2) is 0 Å². The smallest absolute Gasteiger partial charge is 0.457 e. The SMILES string of the molecule is CC(C)C=N[CH-]C(C)C.CC(C)C=N[CH-]C(C)C.[CH3-].[CH3-].[Ru+4]. The number of aliphatic imine (C=N–C) groups is 2. The van der Waals surface area contributed by atoms with Crippen LogP contribution in [0.1, 0.15) is 55.4 Å². The molecule has 0 aliphatic rings. The van der Waals surface area contributed by atoms with E-state index in [4.69, 9.17) is 0 Å². The number of hydrogen-bond donors (Lipinski definition) is 0. The van der Waals surface area contributed by atoms with Crippen molar-refractivity contribution in [1.82, 2.24) is 0 Å². The third-order valence-electron chi connectivity index (χ3n) is 1.54. The molecule has 0 N–H and O–H groups in total. The Kier molecular flexibility index (Phi) is 34.1. The molecule has 0 heterocycles. The van der Waals surface area contributed by atoms with Crippen LogP contribution in [0.5, 0.6) is 0 Å². The first-order valence-corrected chi connectivity index (χ1v) is 6.98. The second-order valence-corrected chi connectivity index (χ2v) is 5.87. The van der Waals surface area contributed by atoms with Crippen LogP contribution in [-0.2, 0) is 19.5 Å². The number of nitrogens with zero attached hydrogens (tertiary/aromatic N) is 2. The predicted octanol–water partition coefficient (Wildman–Crippen LogP) is 5.96. The zero-order valence-corrected chi connectivity index (χ0v) is 17.6. The summed E-state index contributed by atoms with van der Waals surface area (Å²) in [5.74, 6) is 2.28. The van der Waals surface area contributed by atoms with E-state index >= 15 is 0 Å². The molecule has 0 aromatic rings. The molecule has 0 atom stereocenters. The van der Waals surface area contributed by atoms with Gasteiger partial charge < -0.3 is 24.8 Å². The van der Waals surface area contributed by atoms with E-state index in [1.165, 1.54) is 0 Å². The van der Waals surface area contributed by atoms with Crippen molar-refractivity contribution in [2.45, 2.75) is 55.4 Å².